The van der Waals surface area contributed by atoms with Gasteiger partial charge < -0.3 is 14.8 Å². The Kier molecular flexibility index (Phi) is 3.34. The number of ether oxygens (including phenoxy) is 1. The van der Waals surface area contributed by atoms with Crippen LogP contribution in [0.15, 0.2) is 16.9 Å². The van der Waals surface area contributed by atoms with E-state index in [9.17, 15) is 9.90 Å². The molecule has 1 unspecified atom stereocenters. The largest absolute Gasteiger partial charge is 0.388 e. The number of hydrogen-bond donors (Lipinski definition) is 2. The van der Waals surface area contributed by atoms with E-state index in [1.54, 1.807) is 6.07 Å². The Bertz CT molecular complexity index is 743. The van der Waals surface area contributed by atoms with Crippen molar-refractivity contribution in [3.8, 4) is 0 Å². The summed E-state index contributed by atoms with van der Waals surface area (Å²) in [5.74, 6) is 0.529. The van der Waals surface area contributed by atoms with E-state index >= 15 is 0 Å². The Hall–Kier alpha value is -1.72. The molecule has 5 heteroatoms. The standard InChI is InChI=1S/C16H20N2O3/c1-16(2,3)21-8-14-17-12-6-9-4-5-13(19)10(9)7-11(12)15(20)18-14/h6-7,13,19H,4-5,8H2,1-3H3,(H,17,18,20). The maximum Gasteiger partial charge on any atom is 0.258 e. The van der Waals surface area contributed by atoms with Gasteiger partial charge in [-0.2, -0.15) is 0 Å². The average Bonchev–Trinajstić information content (AvgIpc) is 2.75. The van der Waals surface area contributed by atoms with Gasteiger partial charge in [-0.05, 0) is 56.9 Å². The van der Waals surface area contributed by atoms with Crippen molar-refractivity contribution in [1.29, 1.82) is 0 Å². The minimum atomic E-state index is -0.465. The number of fused-ring (bicyclic) bond motifs is 2. The van der Waals surface area contributed by atoms with Crippen LogP contribution in [0.3, 0.4) is 0 Å². The highest BCUT2D eigenvalue weighted by molar-refractivity contribution is 5.80. The van der Waals surface area contributed by atoms with E-state index in [1.807, 2.05) is 26.8 Å². The molecule has 21 heavy (non-hydrogen) atoms. The lowest BCUT2D eigenvalue weighted by molar-refractivity contribution is -0.0180. The Morgan fingerprint density at radius 3 is 2.90 bits per heavy atom. The molecule has 1 atom stereocenters. The summed E-state index contributed by atoms with van der Waals surface area (Å²) in [4.78, 5) is 19.4. The van der Waals surface area contributed by atoms with E-state index in [0.29, 0.717) is 23.1 Å². The number of aliphatic hydroxyl groups excluding tert-OH is 1. The second-order valence-corrected chi connectivity index (χ2v) is 6.54. The molecule has 0 radical (unpaired) electrons. The molecule has 0 fully saturated rings. The summed E-state index contributed by atoms with van der Waals surface area (Å²) in [6.45, 7) is 6.15. The first-order chi connectivity index (χ1) is 9.83. The summed E-state index contributed by atoms with van der Waals surface area (Å²) in [6.07, 6.45) is 1.07. The van der Waals surface area contributed by atoms with Gasteiger partial charge in [0.05, 0.1) is 22.6 Å². The van der Waals surface area contributed by atoms with E-state index < -0.39 is 6.10 Å². The highest BCUT2D eigenvalue weighted by Crippen LogP contribution is 2.32. The van der Waals surface area contributed by atoms with Crippen molar-refractivity contribution in [2.45, 2.75) is 51.9 Å². The van der Waals surface area contributed by atoms with Crippen LogP contribution in [-0.2, 0) is 17.8 Å². The lowest BCUT2D eigenvalue weighted by Gasteiger charge is -2.19. The number of aromatic amines is 1. The molecule has 3 rings (SSSR count). The van der Waals surface area contributed by atoms with Gasteiger partial charge in [0.2, 0.25) is 0 Å². The average molecular weight is 288 g/mol. The molecule has 0 amide bonds. The molecule has 2 N–H and O–H groups in total. The summed E-state index contributed by atoms with van der Waals surface area (Å²) in [5.41, 5.74) is 2.13. The number of aliphatic hydroxyl groups is 1. The fraction of sp³-hybridized carbons (Fsp3) is 0.500. The van der Waals surface area contributed by atoms with Crippen LogP contribution >= 0.6 is 0 Å². The predicted octanol–water partition coefficient (Wildman–Crippen LogP) is 2.22. The first-order valence-electron chi connectivity index (χ1n) is 7.21. The van der Waals surface area contributed by atoms with Gasteiger partial charge in [0, 0.05) is 0 Å². The third-order valence-corrected chi connectivity index (χ3v) is 3.70. The molecule has 1 aliphatic rings. The van der Waals surface area contributed by atoms with Crippen LogP contribution in [0.4, 0.5) is 0 Å². The van der Waals surface area contributed by atoms with Crippen molar-refractivity contribution in [2.75, 3.05) is 0 Å². The first kappa shape index (κ1) is 14.2. The van der Waals surface area contributed by atoms with Gasteiger partial charge in [0.15, 0.2) is 0 Å². The molecule has 112 valence electrons. The predicted molar refractivity (Wildman–Crippen MR) is 80.2 cm³/mol. The summed E-state index contributed by atoms with van der Waals surface area (Å²) in [5, 5.41) is 10.4. The molecular weight excluding hydrogens is 268 g/mol. The monoisotopic (exact) mass is 288 g/mol. The molecular formula is C16H20N2O3. The Morgan fingerprint density at radius 2 is 2.19 bits per heavy atom. The zero-order valence-electron chi connectivity index (χ0n) is 12.6. The van der Waals surface area contributed by atoms with Crippen molar-refractivity contribution in [2.24, 2.45) is 0 Å². The molecule has 0 aliphatic heterocycles. The van der Waals surface area contributed by atoms with Crippen molar-refractivity contribution in [1.82, 2.24) is 9.97 Å². The van der Waals surface area contributed by atoms with Gasteiger partial charge in [0.1, 0.15) is 12.4 Å². The van der Waals surface area contributed by atoms with Crippen LogP contribution in [0.1, 0.15) is 50.2 Å². The highest BCUT2D eigenvalue weighted by atomic mass is 16.5. The highest BCUT2D eigenvalue weighted by Gasteiger charge is 2.22. The van der Waals surface area contributed by atoms with Crippen LogP contribution in [-0.4, -0.2) is 20.7 Å². The maximum absolute atomic E-state index is 12.2. The molecule has 0 saturated carbocycles. The zero-order chi connectivity index (χ0) is 15.2. The number of aryl methyl sites for hydroxylation is 1. The van der Waals surface area contributed by atoms with Crippen molar-refractivity contribution in [3.63, 3.8) is 0 Å². The van der Waals surface area contributed by atoms with Gasteiger partial charge in [-0.15, -0.1) is 0 Å². The van der Waals surface area contributed by atoms with E-state index in [-0.39, 0.29) is 17.8 Å². The van der Waals surface area contributed by atoms with Crippen molar-refractivity contribution in [3.05, 3.63) is 39.4 Å². The number of H-pyrrole nitrogens is 1. The lowest BCUT2D eigenvalue weighted by Crippen LogP contribution is -2.21. The summed E-state index contributed by atoms with van der Waals surface area (Å²) < 4.78 is 5.66. The summed E-state index contributed by atoms with van der Waals surface area (Å²) in [7, 11) is 0. The first-order valence-corrected chi connectivity index (χ1v) is 7.21. The molecule has 1 aliphatic carbocycles. The SMILES string of the molecule is CC(C)(C)OCc1nc2cc3c(cc2c(=O)[nH]1)C(O)CC3. The quantitative estimate of drug-likeness (QED) is 0.888. The number of aromatic nitrogens is 2. The second kappa shape index (κ2) is 4.93. The number of nitrogens with one attached hydrogen (secondary N) is 1. The van der Waals surface area contributed by atoms with E-state index in [4.69, 9.17) is 4.74 Å². The van der Waals surface area contributed by atoms with Gasteiger partial charge in [-0.1, -0.05) is 0 Å². The normalized spacial score (nSPS) is 18.2. The van der Waals surface area contributed by atoms with Gasteiger partial charge in [-0.3, -0.25) is 4.79 Å². The topological polar surface area (TPSA) is 75.2 Å². The van der Waals surface area contributed by atoms with Crippen LogP contribution in [0.2, 0.25) is 0 Å². The van der Waals surface area contributed by atoms with Crippen LogP contribution in [0, 0.1) is 0 Å². The van der Waals surface area contributed by atoms with Gasteiger partial charge in [0.25, 0.3) is 5.56 Å². The minimum absolute atomic E-state index is 0.186. The minimum Gasteiger partial charge on any atom is -0.388 e. The zero-order valence-corrected chi connectivity index (χ0v) is 12.6. The smallest absolute Gasteiger partial charge is 0.258 e. The third-order valence-electron chi connectivity index (χ3n) is 3.70. The molecule has 5 nitrogen and oxygen atoms in total. The van der Waals surface area contributed by atoms with Crippen LogP contribution in [0.5, 0.6) is 0 Å². The number of hydrogen-bond acceptors (Lipinski definition) is 4. The van der Waals surface area contributed by atoms with Gasteiger partial charge in [-0.25, -0.2) is 4.98 Å². The molecule has 0 saturated heterocycles. The van der Waals surface area contributed by atoms with Crippen LogP contribution in [0.25, 0.3) is 10.9 Å². The molecule has 0 bridgehead atoms. The summed E-state index contributed by atoms with van der Waals surface area (Å²) >= 11 is 0. The Morgan fingerprint density at radius 1 is 1.43 bits per heavy atom. The third kappa shape index (κ3) is 2.84. The van der Waals surface area contributed by atoms with Gasteiger partial charge >= 0.3 is 0 Å². The van der Waals surface area contributed by atoms with Crippen LogP contribution < -0.4 is 5.56 Å². The fourth-order valence-corrected chi connectivity index (χ4v) is 2.62. The van der Waals surface area contributed by atoms with Crippen molar-refractivity contribution >= 4 is 10.9 Å². The number of nitrogens with zero attached hydrogens (tertiary/aromatic N) is 1. The van der Waals surface area contributed by atoms with Crippen molar-refractivity contribution < 1.29 is 9.84 Å². The fourth-order valence-electron chi connectivity index (χ4n) is 2.62. The molecule has 2 aromatic rings. The van der Waals surface area contributed by atoms with E-state index in [1.165, 1.54) is 0 Å². The lowest BCUT2D eigenvalue weighted by atomic mass is 10.1. The maximum atomic E-state index is 12.2. The second-order valence-electron chi connectivity index (χ2n) is 6.54. The Labute approximate surface area is 123 Å². The Balaban J connectivity index is 2.02. The molecule has 0 spiro atoms. The number of benzene rings is 1. The number of rotatable bonds is 2. The van der Waals surface area contributed by atoms with E-state index in [0.717, 1.165) is 17.5 Å². The molecule has 1 aromatic heterocycles. The summed E-state index contributed by atoms with van der Waals surface area (Å²) in [6, 6.07) is 3.68. The van der Waals surface area contributed by atoms with E-state index in [2.05, 4.69) is 9.97 Å². The molecule has 1 aromatic carbocycles. The molecule has 1 heterocycles.